The Morgan fingerprint density at radius 1 is 1.22 bits per heavy atom. The van der Waals surface area contributed by atoms with E-state index in [1.54, 1.807) is 60.1 Å². The van der Waals surface area contributed by atoms with Gasteiger partial charge in [0, 0.05) is 12.1 Å². The van der Waals surface area contributed by atoms with Gasteiger partial charge in [0.2, 0.25) is 5.91 Å². The van der Waals surface area contributed by atoms with Gasteiger partial charge in [-0.15, -0.1) is 0 Å². The Kier molecular flexibility index (Phi) is 7.30. The van der Waals surface area contributed by atoms with Crippen molar-refractivity contribution in [2.45, 2.75) is 24.8 Å². The molecule has 1 aromatic heterocycles. The van der Waals surface area contributed by atoms with Gasteiger partial charge in [0.1, 0.15) is 5.82 Å². The number of amides is 1. The second-order valence-electron chi connectivity index (χ2n) is 6.78. The predicted molar refractivity (Wildman–Crippen MR) is 124 cm³/mol. The van der Waals surface area contributed by atoms with E-state index < -0.39 is 10.0 Å². The fourth-order valence-electron chi connectivity index (χ4n) is 2.82. The quantitative estimate of drug-likeness (QED) is 0.479. The zero-order valence-corrected chi connectivity index (χ0v) is 18.7. The van der Waals surface area contributed by atoms with E-state index in [4.69, 9.17) is 16.9 Å². The number of para-hydroxylation sites is 1. The van der Waals surface area contributed by atoms with Gasteiger partial charge < -0.3 is 5.32 Å². The molecule has 0 radical (unpaired) electrons. The van der Waals surface area contributed by atoms with Crippen LogP contribution in [-0.2, 0) is 21.4 Å². The molecule has 0 unspecified atom stereocenters. The van der Waals surface area contributed by atoms with Crippen LogP contribution < -0.4 is 10.0 Å². The van der Waals surface area contributed by atoms with E-state index in [9.17, 15) is 13.2 Å². The maximum absolute atomic E-state index is 12.6. The fraction of sp³-hybridized carbons (Fsp3) is 0.136. The van der Waals surface area contributed by atoms with E-state index in [1.165, 1.54) is 18.2 Å². The van der Waals surface area contributed by atoms with Crippen LogP contribution >= 0.6 is 11.6 Å². The Hall–Kier alpha value is -3.61. The van der Waals surface area contributed by atoms with Gasteiger partial charge in [-0.2, -0.15) is 10.4 Å². The lowest BCUT2D eigenvalue weighted by molar-refractivity contribution is -0.111. The van der Waals surface area contributed by atoms with E-state index in [-0.39, 0.29) is 17.2 Å². The molecule has 0 atom stereocenters. The van der Waals surface area contributed by atoms with Crippen molar-refractivity contribution in [1.29, 1.82) is 5.26 Å². The van der Waals surface area contributed by atoms with Gasteiger partial charge in [-0.25, -0.2) is 13.1 Å². The van der Waals surface area contributed by atoms with Gasteiger partial charge in [0.05, 0.1) is 40.3 Å². The van der Waals surface area contributed by atoms with Crippen molar-refractivity contribution in [3.05, 3.63) is 77.0 Å². The molecule has 1 heterocycles. The first kappa shape index (κ1) is 23.1. The first-order valence-electron chi connectivity index (χ1n) is 9.56. The number of anilines is 2. The largest absolute Gasteiger partial charge is 0.307 e. The molecule has 0 bridgehead atoms. The van der Waals surface area contributed by atoms with Crippen molar-refractivity contribution in [2.24, 2.45) is 0 Å². The van der Waals surface area contributed by atoms with Crippen LogP contribution in [0, 0.1) is 18.3 Å². The highest BCUT2D eigenvalue weighted by Crippen LogP contribution is 2.24. The molecule has 1 amide bonds. The van der Waals surface area contributed by atoms with E-state index in [0.717, 1.165) is 5.69 Å². The molecule has 164 valence electrons. The average molecular weight is 470 g/mol. The van der Waals surface area contributed by atoms with Gasteiger partial charge in [0.25, 0.3) is 10.0 Å². The summed E-state index contributed by atoms with van der Waals surface area (Å²) in [6.45, 7) is 2.17. The van der Waals surface area contributed by atoms with Crippen molar-refractivity contribution < 1.29 is 13.2 Å². The van der Waals surface area contributed by atoms with Crippen molar-refractivity contribution in [2.75, 3.05) is 10.0 Å². The van der Waals surface area contributed by atoms with Gasteiger partial charge in [0.15, 0.2) is 0 Å². The molecule has 2 N–H and O–H groups in total. The zero-order chi connectivity index (χ0) is 23.1. The zero-order valence-electron chi connectivity index (χ0n) is 17.1. The number of nitriles is 1. The molecular weight excluding hydrogens is 450 g/mol. The molecule has 0 aliphatic rings. The van der Waals surface area contributed by atoms with Crippen LogP contribution in [0.1, 0.15) is 17.7 Å². The number of benzene rings is 2. The minimum absolute atomic E-state index is 0.0656. The third-order valence-corrected chi connectivity index (χ3v) is 6.04. The standard InChI is InChI=1S/C22H20ClN5O3S/c1-16-15-21(28(26-16)14-4-13-24)25-22(29)12-9-17-7-10-18(11-8-17)32(30,31)27-20-6-3-2-5-19(20)23/h2-3,5-12,15,27H,4,14H2,1H3,(H,25,29)/b12-9+. The maximum atomic E-state index is 12.6. The number of aromatic nitrogens is 2. The van der Waals surface area contributed by atoms with E-state index in [2.05, 4.69) is 15.1 Å². The molecule has 0 aliphatic carbocycles. The fourth-order valence-corrected chi connectivity index (χ4v) is 4.14. The van der Waals surface area contributed by atoms with Crippen LogP contribution in [-0.4, -0.2) is 24.1 Å². The summed E-state index contributed by atoms with van der Waals surface area (Å²) in [5.41, 5.74) is 1.66. The lowest BCUT2D eigenvalue weighted by Gasteiger charge is -2.09. The third-order valence-electron chi connectivity index (χ3n) is 4.32. The highest BCUT2D eigenvalue weighted by Gasteiger charge is 2.15. The second-order valence-corrected chi connectivity index (χ2v) is 8.87. The lowest BCUT2D eigenvalue weighted by Crippen LogP contribution is -2.13. The SMILES string of the molecule is Cc1cc(NC(=O)/C=C/c2ccc(S(=O)(=O)Nc3ccccc3Cl)cc2)n(CCC#N)n1. The summed E-state index contributed by atoms with van der Waals surface area (Å²) in [4.78, 5) is 12.3. The molecule has 3 rings (SSSR count). The molecule has 0 aliphatic heterocycles. The number of halogens is 1. The molecule has 2 aromatic carbocycles. The summed E-state index contributed by atoms with van der Waals surface area (Å²) in [6.07, 6.45) is 3.18. The summed E-state index contributed by atoms with van der Waals surface area (Å²) in [5, 5.41) is 16.0. The first-order valence-corrected chi connectivity index (χ1v) is 11.4. The summed E-state index contributed by atoms with van der Waals surface area (Å²) < 4.78 is 29.1. The smallest absolute Gasteiger partial charge is 0.261 e. The number of nitrogens with one attached hydrogen (secondary N) is 2. The molecular formula is C22H20ClN5O3S. The van der Waals surface area contributed by atoms with Crippen molar-refractivity contribution in [1.82, 2.24) is 9.78 Å². The average Bonchev–Trinajstić information content (AvgIpc) is 3.11. The van der Waals surface area contributed by atoms with Gasteiger partial charge in [-0.1, -0.05) is 35.9 Å². The molecule has 32 heavy (non-hydrogen) atoms. The van der Waals surface area contributed by atoms with Gasteiger partial charge in [-0.3, -0.25) is 9.52 Å². The van der Waals surface area contributed by atoms with Crippen LogP contribution in [0.25, 0.3) is 6.08 Å². The van der Waals surface area contributed by atoms with E-state index >= 15 is 0 Å². The number of hydrogen-bond acceptors (Lipinski definition) is 5. The number of carbonyl (C=O) groups excluding carboxylic acids is 1. The van der Waals surface area contributed by atoms with Crippen molar-refractivity contribution >= 4 is 45.1 Å². The minimum Gasteiger partial charge on any atom is -0.307 e. The molecule has 8 nitrogen and oxygen atoms in total. The summed E-state index contributed by atoms with van der Waals surface area (Å²) in [5.74, 6) is 0.125. The van der Waals surface area contributed by atoms with Crippen molar-refractivity contribution in [3.8, 4) is 6.07 Å². The number of aryl methyl sites for hydroxylation is 2. The molecule has 0 fully saturated rings. The molecule has 0 spiro atoms. The highest BCUT2D eigenvalue weighted by atomic mass is 35.5. The second kappa shape index (κ2) is 10.1. The van der Waals surface area contributed by atoms with Crippen LogP contribution in [0.3, 0.4) is 0 Å². The van der Waals surface area contributed by atoms with Crippen molar-refractivity contribution in [3.63, 3.8) is 0 Å². The minimum atomic E-state index is -3.81. The highest BCUT2D eigenvalue weighted by molar-refractivity contribution is 7.92. The Morgan fingerprint density at radius 2 is 1.94 bits per heavy atom. The third kappa shape index (κ3) is 5.97. The number of carbonyl (C=O) groups is 1. The normalized spacial score (nSPS) is 11.3. The maximum Gasteiger partial charge on any atom is 0.261 e. The Morgan fingerprint density at radius 3 is 2.62 bits per heavy atom. The topological polar surface area (TPSA) is 117 Å². The monoisotopic (exact) mass is 469 g/mol. The molecule has 3 aromatic rings. The first-order chi connectivity index (χ1) is 15.3. The number of sulfonamides is 1. The Balaban J connectivity index is 1.66. The van der Waals surface area contributed by atoms with Crippen LogP contribution in [0.5, 0.6) is 0 Å². The number of rotatable bonds is 8. The summed E-state index contributed by atoms with van der Waals surface area (Å²) >= 11 is 6.01. The predicted octanol–water partition coefficient (Wildman–Crippen LogP) is 4.21. The van der Waals surface area contributed by atoms with Gasteiger partial charge in [-0.05, 0) is 42.8 Å². The van der Waals surface area contributed by atoms with E-state index in [0.29, 0.717) is 28.6 Å². The van der Waals surface area contributed by atoms with Crippen LogP contribution in [0.2, 0.25) is 5.02 Å². The molecule has 0 saturated carbocycles. The number of nitrogens with zero attached hydrogens (tertiary/aromatic N) is 3. The Bertz CT molecular complexity index is 1290. The Labute approximate surface area is 191 Å². The lowest BCUT2D eigenvalue weighted by atomic mass is 10.2. The van der Waals surface area contributed by atoms with E-state index in [1.807, 2.05) is 6.07 Å². The molecule has 10 heteroatoms. The molecule has 0 saturated heterocycles. The van der Waals surface area contributed by atoms with Crippen LogP contribution in [0.15, 0.2) is 65.6 Å². The summed E-state index contributed by atoms with van der Waals surface area (Å²) in [7, 11) is -3.81. The van der Waals surface area contributed by atoms with Crippen LogP contribution in [0.4, 0.5) is 11.5 Å². The number of hydrogen-bond donors (Lipinski definition) is 2. The van der Waals surface area contributed by atoms with Gasteiger partial charge >= 0.3 is 0 Å². The summed E-state index contributed by atoms with van der Waals surface area (Å²) in [6, 6.07) is 16.4.